The van der Waals surface area contributed by atoms with Gasteiger partial charge in [-0.1, -0.05) is 48.5 Å². The van der Waals surface area contributed by atoms with Crippen LogP contribution in [0.2, 0.25) is 0 Å². The minimum Gasteiger partial charge on any atom is -0.299 e. The quantitative estimate of drug-likeness (QED) is 0.717. The first-order valence-corrected chi connectivity index (χ1v) is 7.20. The maximum Gasteiger partial charge on any atom is 0.139 e. The Bertz CT molecular complexity index is 759. The van der Waals surface area contributed by atoms with Crippen LogP contribution in [-0.2, 0) is 24.7 Å². The second-order valence-corrected chi connectivity index (χ2v) is 5.29. The smallest absolute Gasteiger partial charge is 0.139 e. The summed E-state index contributed by atoms with van der Waals surface area (Å²) in [5.41, 5.74) is 3.16. The molecule has 0 unspecified atom stereocenters. The van der Waals surface area contributed by atoms with Gasteiger partial charge < -0.3 is 0 Å². The van der Waals surface area contributed by atoms with Crippen LogP contribution in [0, 0.1) is 0 Å². The van der Waals surface area contributed by atoms with E-state index in [0.29, 0.717) is 12.8 Å². The molecule has 0 bridgehead atoms. The highest BCUT2D eigenvalue weighted by atomic mass is 16.1. The largest absolute Gasteiger partial charge is 0.299 e. The summed E-state index contributed by atoms with van der Waals surface area (Å²) >= 11 is 0. The molecule has 0 atom stereocenters. The maximum atomic E-state index is 12.2. The predicted octanol–water partition coefficient (Wildman–Crippen LogP) is 3.32. The number of hydrogen-bond acceptors (Lipinski definition) is 2. The van der Waals surface area contributed by atoms with Gasteiger partial charge in [0.1, 0.15) is 5.78 Å². The molecule has 3 aromatic rings. The van der Waals surface area contributed by atoms with Crippen LogP contribution in [-0.4, -0.2) is 15.6 Å². The first-order chi connectivity index (χ1) is 10.2. The summed E-state index contributed by atoms with van der Waals surface area (Å²) in [7, 11) is 1.92. The summed E-state index contributed by atoms with van der Waals surface area (Å²) in [6.45, 7) is 0. The van der Waals surface area contributed by atoms with Crippen molar-refractivity contribution in [1.29, 1.82) is 0 Å². The van der Waals surface area contributed by atoms with Gasteiger partial charge in [-0.25, -0.2) is 0 Å². The van der Waals surface area contributed by atoms with Gasteiger partial charge in [-0.2, -0.15) is 5.10 Å². The molecule has 1 aromatic heterocycles. The SMILES string of the molecule is Cn1nc(CC(=O)CCc2ccccc2)c2ccccc21. The van der Waals surface area contributed by atoms with E-state index in [1.54, 1.807) is 0 Å². The Labute approximate surface area is 124 Å². The van der Waals surface area contributed by atoms with Gasteiger partial charge in [0, 0.05) is 18.9 Å². The monoisotopic (exact) mass is 278 g/mol. The molecule has 0 aliphatic heterocycles. The number of aromatic nitrogens is 2. The van der Waals surface area contributed by atoms with Crippen molar-refractivity contribution in [3.05, 3.63) is 65.9 Å². The van der Waals surface area contributed by atoms with Crippen LogP contribution in [0.1, 0.15) is 17.7 Å². The van der Waals surface area contributed by atoms with Crippen LogP contribution in [0.4, 0.5) is 0 Å². The van der Waals surface area contributed by atoms with Crippen molar-refractivity contribution in [3.63, 3.8) is 0 Å². The third-order valence-corrected chi connectivity index (χ3v) is 3.73. The molecule has 21 heavy (non-hydrogen) atoms. The maximum absolute atomic E-state index is 12.2. The lowest BCUT2D eigenvalue weighted by atomic mass is 10.0. The molecule has 3 nitrogen and oxygen atoms in total. The Morgan fingerprint density at radius 2 is 1.76 bits per heavy atom. The van der Waals surface area contributed by atoms with Crippen molar-refractivity contribution < 1.29 is 4.79 Å². The van der Waals surface area contributed by atoms with Crippen LogP contribution in [0.25, 0.3) is 10.9 Å². The molecule has 0 aliphatic rings. The molecule has 0 radical (unpaired) electrons. The molecule has 0 aliphatic carbocycles. The zero-order valence-corrected chi connectivity index (χ0v) is 12.1. The van der Waals surface area contributed by atoms with E-state index in [0.717, 1.165) is 23.0 Å². The second kappa shape index (κ2) is 5.92. The fourth-order valence-electron chi connectivity index (χ4n) is 2.62. The summed E-state index contributed by atoms with van der Waals surface area (Å²) in [5.74, 6) is 0.239. The summed E-state index contributed by atoms with van der Waals surface area (Å²) in [6, 6.07) is 18.2. The topological polar surface area (TPSA) is 34.9 Å². The molecule has 0 N–H and O–H groups in total. The highest BCUT2D eigenvalue weighted by molar-refractivity contribution is 5.88. The van der Waals surface area contributed by atoms with E-state index < -0.39 is 0 Å². The second-order valence-electron chi connectivity index (χ2n) is 5.29. The van der Waals surface area contributed by atoms with Crippen molar-refractivity contribution in [1.82, 2.24) is 9.78 Å². The number of aryl methyl sites for hydroxylation is 2. The Morgan fingerprint density at radius 1 is 1.05 bits per heavy atom. The Balaban J connectivity index is 1.69. The van der Waals surface area contributed by atoms with Gasteiger partial charge in [0.15, 0.2) is 0 Å². The van der Waals surface area contributed by atoms with Gasteiger partial charge in [0.05, 0.1) is 17.6 Å². The standard InChI is InChI=1S/C18H18N2O/c1-20-18-10-6-5-9-16(18)17(19-20)13-15(21)12-11-14-7-3-2-4-8-14/h2-10H,11-13H2,1H3. The minimum absolute atomic E-state index is 0.239. The predicted molar refractivity (Wildman–Crippen MR) is 84.2 cm³/mol. The van der Waals surface area contributed by atoms with Crippen LogP contribution < -0.4 is 0 Å². The van der Waals surface area contributed by atoms with E-state index in [2.05, 4.69) is 17.2 Å². The number of carbonyl (C=O) groups excluding carboxylic acids is 1. The van der Waals surface area contributed by atoms with Crippen LogP contribution in [0.15, 0.2) is 54.6 Å². The fourth-order valence-corrected chi connectivity index (χ4v) is 2.62. The van der Waals surface area contributed by atoms with E-state index in [4.69, 9.17) is 0 Å². The zero-order valence-electron chi connectivity index (χ0n) is 12.1. The lowest BCUT2D eigenvalue weighted by Gasteiger charge is -2.00. The molecule has 0 amide bonds. The van der Waals surface area contributed by atoms with Crippen molar-refractivity contribution >= 4 is 16.7 Å². The van der Waals surface area contributed by atoms with Gasteiger partial charge in [-0.3, -0.25) is 9.48 Å². The summed E-state index contributed by atoms with van der Waals surface area (Å²) in [4.78, 5) is 12.2. The number of fused-ring (bicyclic) bond motifs is 1. The zero-order chi connectivity index (χ0) is 14.7. The molecule has 3 rings (SSSR count). The number of nitrogens with zero attached hydrogens (tertiary/aromatic N) is 2. The Kier molecular flexibility index (Phi) is 3.82. The van der Waals surface area contributed by atoms with Gasteiger partial charge in [0.25, 0.3) is 0 Å². The molecule has 3 heteroatoms. The first kappa shape index (κ1) is 13.6. The van der Waals surface area contributed by atoms with E-state index in [1.165, 1.54) is 5.56 Å². The first-order valence-electron chi connectivity index (χ1n) is 7.20. The molecule has 2 aromatic carbocycles. The normalized spacial score (nSPS) is 10.9. The van der Waals surface area contributed by atoms with Crippen molar-refractivity contribution in [2.45, 2.75) is 19.3 Å². The van der Waals surface area contributed by atoms with Crippen molar-refractivity contribution in [3.8, 4) is 0 Å². The lowest BCUT2D eigenvalue weighted by Crippen LogP contribution is -2.05. The average molecular weight is 278 g/mol. The Morgan fingerprint density at radius 3 is 2.57 bits per heavy atom. The van der Waals surface area contributed by atoms with Crippen LogP contribution in [0.5, 0.6) is 0 Å². The van der Waals surface area contributed by atoms with E-state index in [9.17, 15) is 4.79 Å². The molecule has 106 valence electrons. The number of para-hydroxylation sites is 1. The third kappa shape index (κ3) is 3.02. The van der Waals surface area contributed by atoms with Gasteiger partial charge >= 0.3 is 0 Å². The molecule has 0 saturated carbocycles. The number of Topliss-reactive ketones (excluding diaryl/α,β-unsaturated/α-hetero) is 1. The summed E-state index contributed by atoms with van der Waals surface area (Å²) in [6.07, 6.45) is 1.77. The van der Waals surface area contributed by atoms with Crippen LogP contribution in [0.3, 0.4) is 0 Å². The van der Waals surface area contributed by atoms with Crippen molar-refractivity contribution in [2.24, 2.45) is 7.05 Å². The number of hydrogen-bond donors (Lipinski definition) is 0. The molecule has 0 fully saturated rings. The Hall–Kier alpha value is -2.42. The van der Waals surface area contributed by atoms with E-state index in [1.807, 2.05) is 54.2 Å². The molecule has 0 saturated heterocycles. The third-order valence-electron chi connectivity index (χ3n) is 3.73. The highest BCUT2D eigenvalue weighted by Gasteiger charge is 2.12. The molecular formula is C18H18N2O. The van der Waals surface area contributed by atoms with Gasteiger partial charge in [-0.15, -0.1) is 0 Å². The molecule has 0 spiro atoms. The number of rotatable bonds is 5. The fraction of sp³-hybridized carbons (Fsp3) is 0.222. The molecule has 1 heterocycles. The van der Waals surface area contributed by atoms with E-state index >= 15 is 0 Å². The van der Waals surface area contributed by atoms with E-state index in [-0.39, 0.29) is 5.78 Å². The minimum atomic E-state index is 0.239. The number of ketones is 1. The van der Waals surface area contributed by atoms with Crippen LogP contribution >= 0.6 is 0 Å². The summed E-state index contributed by atoms with van der Waals surface area (Å²) in [5, 5.41) is 5.56. The number of carbonyl (C=O) groups is 1. The molecular weight excluding hydrogens is 260 g/mol. The highest BCUT2D eigenvalue weighted by Crippen LogP contribution is 2.18. The van der Waals surface area contributed by atoms with Gasteiger partial charge in [0.2, 0.25) is 0 Å². The average Bonchev–Trinajstić information content (AvgIpc) is 2.83. The lowest BCUT2D eigenvalue weighted by molar-refractivity contribution is -0.118. The van der Waals surface area contributed by atoms with Gasteiger partial charge in [-0.05, 0) is 18.1 Å². The number of benzene rings is 2. The summed E-state index contributed by atoms with van der Waals surface area (Å²) < 4.78 is 1.84. The van der Waals surface area contributed by atoms with Crippen molar-refractivity contribution in [2.75, 3.05) is 0 Å².